The molecule has 1 fully saturated rings. The number of aryl methyl sites for hydroxylation is 1. The molecule has 0 aliphatic carbocycles. The van der Waals surface area contributed by atoms with Gasteiger partial charge in [-0.3, -0.25) is 4.79 Å². The fourth-order valence-electron chi connectivity index (χ4n) is 2.28. The fraction of sp³-hybridized carbons (Fsp3) is 0.467. The van der Waals surface area contributed by atoms with Gasteiger partial charge in [0.15, 0.2) is 6.10 Å². The molecule has 2 rings (SSSR count). The van der Waals surface area contributed by atoms with Crippen molar-refractivity contribution in [2.45, 2.75) is 32.8 Å². The third kappa shape index (κ3) is 3.10. The van der Waals surface area contributed by atoms with E-state index in [0.717, 1.165) is 31.5 Å². The van der Waals surface area contributed by atoms with E-state index in [1.165, 1.54) is 6.07 Å². The molecule has 1 amide bonds. The van der Waals surface area contributed by atoms with Crippen LogP contribution in [0, 0.1) is 6.92 Å². The lowest BCUT2D eigenvalue weighted by Crippen LogP contribution is -2.38. The van der Waals surface area contributed by atoms with E-state index in [9.17, 15) is 14.7 Å². The third-order valence-corrected chi connectivity index (χ3v) is 3.42. The van der Waals surface area contributed by atoms with E-state index in [2.05, 4.69) is 0 Å². The Hall–Kier alpha value is -2.04. The highest BCUT2D eigenvalue weighted by molar-refractivity contribution is 5.94. The van der Waals surface area contributed by atoms with Gasteiger partial charge in [0.25, 0.3) is 5.91 Å². The quantitative estimate of drug-likeness (QED) is 0.856. The molecule has 0 unspecified atom stereocenters. The van der Waals surface area contributed by atoms with E-state index < -0.39 is 12.1 Å². The molecule has 1 aromatic rings. The standard InChI is InChI=1S/C15H19NO4/c1-10-5-6-13(17)12(9-10)15(19)20-11(2)14(18)16-7-3-4-8-16/h5-6,9,11,17H,3-4,7-8H2,1-2H3/t11-/m0/s1. The van der Waals surface area contributed by atoms with Crippen molar-refractivity contribution in [3.63, 3.8) is 0 Å². The molecule has 0 radical (unpaired) electrons. The van der Waals surface area contributed by atoms with E-state index in [-0.39, 0.29) is 17.2 Å². The minimum Gasteiger partial charge on any atom is -0.507 e. The summed E-state index contributed by atoms with van der Waals surface area (Å²) < 4.78 is 5.16. The summed E-state index contributed by atoms with van der Waals surface area (Å²) in [6.07, 6.45) is 1.15. The van der Waals surface area contributed by atoms with Crippen LogP contribution in [0.2, 0.25) is 0 Å². The van der Waals surface area contributed by atoms with Crippen LogP contribution in [-0.2, 0) is 9.53 Å². The number of carbonyl (C=O) groups is 2. The zero-order valence-electron chi connectivity index (χ0n) is 11.8. The summed E-state index contributed by atoms with van der Waals surface area (Å²) in [5, 5.41) is 9.67. The fourth-order valence-corrected chi connectivity index (χ4v) is 2.28. The molecule has 5 heteroatoms. The Morgan fingerprint density at radius 3 is 2.60 bits per heavy atom. The molecule has 5 nitrogen and oxygen atoms in total. The first-order valence-corrected chi connectivity index (χ1v) is 6.78. The van der Waals surface area contributed by atoms with Gasteiger partial charge < -0.3 is 14.7 Å². The lowest BCUT2D eigenvalue weighted by Gasteiger charge is -2.20. The molecule has 108 valence electrons. The van der Waals surface area contributed by atoms with Crippen molar-refractivity contribution >= 4 is 11.9 Å². The van der Waals surface area contributed by atoms with Crippen molar-refractivity contribution in [1.82, 2.24) is 4.90 Å². The van der Waals surface area contributed by atoms with E-state index in [4.69, 9.17) is 4.74 Å². The van der Waals surface area contributed by atoms with Crippen LogP contribution in [-0.4, -0.2) is 41.1 Å². The molecular weight excluding hydrogens is 258 g/mol. The van der Waals surface area contributed by atoms with Crippen molar-refractivity contribution in [2.24, 2.45) is 0 Å². The van der Waals surface area contributed by atoms with Gasteiger partial charge in [0.1, 0.15) is 11.3 Å². The van der Waals surface area contributed by atoms with E-state index in [1.54, 1.807) is 24.0 Å². The van der Waals surface area contributed by atoms with Crippen LogP contribution >= 0.6 is 0 Å². The highest BCUT2D eigenvalue weighted by Gasteiger charge is 2.27. The largest absolute Gasteiger partial charge is 0.507 e. The number of nitrogens with zero attached hydrogens (tertiary/aromatic N) is 1. The van der Waals surface area contributed by atoms with Crippen LogP contribution in [0.3, 0.4) is 0 Å². The Labute approximate surface area is 118 Å². The Morgan fingerprint density at radius 2 is 1.95 bits per heavy atom. The molecule has 1 atom stereocenters. The minimum atomic E-state index is -0.833. The Morgan fingerprint density at radius 1 is 1.30 bits per heavy atom. The maximum Gasteiger partial charge on any atom is 0.342 e. The number of amides is 1. The lowest BCUT2D eigenvalue weighted by molar-refractivity contribution is -0.138. The first kappa shape index (κ1) is 14.4. The summed E-state index contributed by atoms with van der Waals surface area (Å²) >= 11 is 0. The number of aromatic hydroxyl groups is 1. The number of benzene rings is 1. The summed E-state index contributed by atoms with van der Waals surface area (Å²) in [5.41, 5.74) is 0.930. The van der Waals surface area contributed by atoms with Gasteiger partial charge in [-0.1, -0.05) is 11.6 Å². The van der Waals surface area contributed by atoms with Crippen LogP contribution in [0.1, 0.15) is 35.7 Å². The summed E-state index contributed by atoms with van der Waals surface area (Å²) in [5.74, 6) is -0.990. The van der Waals surface area contributed by atoms with Crippen LogP contribution < -0.4 is 0 Å². The predicted octanol–water partition coefficient (Wildman–Crippen LogP) is 1.87. The molecule has 0 spiro atoms. The maximum absolute atomic E-state index is 12.1. The van der Waals surface area contributed by atoms with E-state index in [0.29, 0.717) is 0 Å². The number of hydrogen-bond donors (Lipinski definition) is 1. The van der Waals surface area contributed by atoms with Crippen LogP contribution in [0.4, 0.5) is 0 Å². The van der Waals surface area contributed by atoms with Crippen molar-refractivity contribution in [3.05, 3.63) is 29.3 Å². The van der Waals surface area contributed by atoms with Crippen LogP contribution in [0.25, 0.3) is 0 Å². The van der Waals surface area contributed by atoms with Crippen molar-refractivity contribution in [3.8, 4) is 5.75 Å². The average Bonchev–Trinajstić information content (AvgIpc) is 2.94. The summed E-state index contributed by atoms with van der Waals surface area (Å²) in [6, 6.07) is 4.69. The number of hydrogen-bond acceptors (Lipinski definition) is 4. The van der Waals surface area contributed by atoms with Crippen molar-refractivity contribution in [2.75, 3.05) is 13.1 Å². The second-order valence-corrected chi connectivity index (χ2v) is 5.10. The lowest BCUT2D eigenvalue weighted by atomic mass is 10.1. The molecule has 1 aliphatic heterocycles. The van der Waals surface area contributed by atoms with Crippen LogP contribution in [0.5, 0.6) is 5.75 Å². The average molecular weight is 277 g/mol. The van der Waals surface area contributed by atoms with Gasteiger partial charge in [-0.25, -0.2) is 4.79 Å². The van der Waals surface area contributed by atoms with Crippen LogP contribution in [0.15, 0.2) is 18.2 Å². The number of likely N-dealkylation sites (tertiary alicyclic amines) is 1. The number of phenolic OH excluding ortho intramolecular Hbond substituents is 1. The van der Waals surface area contributed by atoms with Gasteiger partial charge in [0.2, 0.25) is 0 Å². The third-order valence-electron chi connectivity index (χ3n) is 3.42. The maximum atomic E-state index is 12.1. The molecule has 1 aromatic carbocycles. The molecular formula is C15H19NO4. The molecule has 20 heavy (non-hydrogen) atoms. The Bertz CT molecular complexity index is 521. The molecule has 1 N–H and O–H groups in total. The normalized spacial score (nSPS) is 16.0. The second kappa shape index (κ2) is 5.94. The number of carbonyl (C=O) groups excluding carboxylic acids is 2. The summed E-state index contributed by atoms with van der Waals surface area (Å²) in [6.45, 7) is 4.81. The molecule has 1 heterocycles. The second-order valence-electron chi connectivity index (χ2n) is 5.10. The van der Waals surface area contributed by atoms with Gasteiger partial charge >= 0.3 is 5.97 Å². The molecule has 0 aromatic heterocycles. The SMILES string of the molecule is Cc1ccc(O)c(C(=O)O[C@@H](C)C(=O)N2CCCC2)c1. The molecule has 1 aliphatic rings. The number of rotatable bonds is 3. The number of esters is 1. The van der Waals surface area contributed by atoms with E-state index >= 15 is 0 Å². The zero-order valence-corrected chi connectivity index (χ0v) is 11.8. The highest BCUT2D eigenvalue weighted by atomic mass is 16.5. The van der Waals surface area contributed by atoms with Crippen molar-refractivity contribution < 1.29 is 19.4 Å². The Kier molecular flexibility index (Phi) is 4.27. The van der Waals surface area contributed by atoms with Crippen molar-refractivity contribution in [1.29, 1.82) is 0 Å². The number of ether oxygens (including phenoxy) is 1. The van der Waals surface area contributed by atoms with Gasteiger partial charge in [-0.15, -0.1) is 0 Å². The minimum absolute atomic E-state index is 0.0890. The number of phenols is 1. The topological polar surface area (TPSA) is 66.8 Å². The van der Waals surface area contributed by atoms with Gasteiger partial charge in [-0.2, -0.15) is 0 Å². The predicted molar refractivity (Wildman–Crippen MR) is 73.5 cm³/mol. The monoisotopic (exact) mass is 277 g/mol. The first-order chi connectivity index (χ1) is 9.49. The summed E-state index contributed by atoms with van der Waals surface area (Å²) in [7, 11) is 0. The highest BCUT2D eigenvalue weighted by Crippen LogP contribution is 2.20. The summed E-state index contributed by atoms with van der Waals surface area (Å²) in [4.78, 5) is 25.7. The first-order valence-electron chi connectivity index (χ1n) is 6.78. The van der Waals surface area contributed by atoms with Gasteiger partial charge in [0, 0.05) is 13.1 Å². The molecule has 0 bridgehead atoms. The smallest absolute Gasteiger partial charge is 0.342 e. The Balaban J connectivity index is 2.03. The van der Waals surface area contributed by atoms with Gasteiger partial charge in [-0.05, 0) is 38.8 Å². The van der Waals surface area contributed by atoms with Gasteiger partial charge in [0.05, 0.1) is 0 Å². The van der Waals surface area contributed by atoms with E-state index in [1.807, 2.05) is 6.92 Å². The molecule has 0 saturated carbocycles. The zero-order chi connectivity index (χ0) is 14.7. The molecule has 1 saturated heterocycles.